The molecule has 194 valence electrons. The fourth-order valence-corrected chi connectivity index (χ4v) is 4.46. The van der Waals surface area contributed by atoms with Crippen LogP contribution in [0.3, 0.4) is 0 Å². The molecule has 0 radical (unpaired) electrons. The van der Waals surface area contributed by atoms with E-state index in [0.29, 0.717) is 21.4 Å². The standard InChI is InChI=1S/C23H15F6N3O4S/c1-12(15-10-11-30-17-5-3-2-4-16(15)17)18-19(33)31(21(35)32(18)36-20(34)22(24,25)26)13-6-8-14(9-7-13)37-23(27,28)29/h2-12,18H,1H3/t12-,18-/m1/s1. The van der Waals surface area contributed by atoms with E-state index < -0.39 is 53.3 Å². The normalized spacial score (nSPS) is 17.4. The summed E-state index contributed by atoms with van der Waals surface area (Å²) in [7, 11) is 0. The Labute approximate surface area is 208 Å². The quantitative estimate of drug-likeness (QED) is 0.230. The average Bonchev–Trinajstić information content (AvgIpc) is 3.06. The number of carbonyl (C=O) groups excluding carboxylic acids is 3. The number of hydrogen-bond donors (Lipinski definition) is 0. The summed E-state index contributed by atoms with van der Waals surface area (Å²) in [4.78, 5) is 46.9. The molecule has 1 aromatic heterocycles. The van der Waals surface area contributed by atoms with E-state index in [0.717, 1.165) is 24.3 Å². The number of fused-ring (bicyclic) bond motifs is 1. The number of para-hydroxylation sites is 1. The van der Waals surface area contributed by atoms with Crippen LogP contribution in [-0.2, 0) is 14.4 Å². The molecule has 0 saturated carbocycles. The molecular formula is C23H15F6N3O4S. The molecule has 4 rings (SSSR count). The molecular weight excluding hydrogens is 528 g/mol. The van der Waals surface area contributed by atoms with Gasteiger partial charge in [0.25, 0.3) is 5.91 Å². The van der Waals surface area contributed by atoms with Crippen LogP contribution in [0.5, 0.6) is 0 Å². The average molecular weight is 543 g/mol. The van der Waals surface area contributed by atoms with E-state index in [9.17, 15) is 40.7 Å². The van der Waals surface area contributed by atoms with Crippen molar-refractivity contribution in [3.05, 3.63) is 66.4 Å². The Morgan fingerprint density at radius 2 is 1.65 bits per heavy atom. The zero-order chi connectivity index (χ0) is 27.1. The molecule has 14 heteroatoms. The third kappa shape index (κ3) is 5.33. The highest BCUT2D eigenvalue weighted by Crippen LogP contribution is 2.39. The number of anilines is 1. The highest BCUT2D eigenvalue weighted by molar-refractivity contribution is 8.00. The number of halogens is 6. The summed E-state index contributed by atoms with van der Waals surface area (Å²) in [5.74, 6) is -4.75. The maximum atomic E-state index is 13.4. The molecule has 2 heterocycles. The molecule has 1 aliphatic rings. The van der Waals surface area contributed by atoms with Crippen LogP contribution in [0.15, 0.2) is 65.7 Å². The SMILES string of the molecule is C[C@H](c1ccnc2ccccc12)[C@@H]1C(=O)N(c2ccc(SC(F)(F)F)cc2)C(=O)N1OC(=O)C(F)(F)F. The first-order valence-corrected chi connectivity index (χ1v) is 11.3. The summed E-state index contributed by atoms with van der Waals surface area (Å²) in [6, 6.07) is 9.15. The number of hydrogen-bond acceptors (Lipinski definition) is 6. The lowest BCUT2D eigenvalue weighted by molar-refractivity contribution is -0.231. The third-order valence-corrected chi connectivity index (χ3v) is 6.23. The Balaban J connectivity index is 1.74. The van der Waals surface area contributed by atoms with Crippen LogP contribution in [0, 0.1) is 0 Å². The van der Waals surface area contributed by atoms with Gasteiger partial charge in [-0.3, -0.25) is 9.78 Å². The number of benzene rings is 2. The number of alkyl halides is 6. The van der Waals surface area contributed by atoms with E-state index in [4.69, 9.17) is 0 Å². The first kappa shape index (κ1) is 26.3. The van der Waals surface area contributed by atoms with E-state index in [-0.39, 0.29) is 15.6 Å². The molecule has 0 N–H and O–H groups in total. The number of thioether (sulfide) groups is 1. The van der Waals surface area contributed by atoms with Crippen LogP contribution >= 0.6 is 11.8 Å². The molecule has 1 aliphatic heterocycles. The molecule has 7 nitrogen and oxygen atoms in total. The van der Waals surface area contributed by atoms with Gasteiger partial charge < -0.3 is 4.84 Å². The predicted octanol–water partition coefficient (Wildman–Crippen LogP) is 5.81. The van der Waals surface area contributed by atoms with Crippen molar-refractivity contribution in [2.45, 2.75) is 35.5 Å². The Bertz CT molecular complexity index is 1360. The van der Waals surface area contributed by atoms with Crippen LogP contribution in [0.1, 0.15) is 18.4 Å². The molecule has 1 fully saturated rings. The first-order valence-electron chi connectivity index (χ1n) is 10.4. The van der Waals surface area contributed by atoms with Gasteiger partial charge in [0.1, 0.15) is 0 Å². The molecule has 0 spiro atoms. The number of amides is 3. The van der Waals surface area contributed by atoms with Gasteiger partial charge in [-0.15, -0.1) is 5.06 Å². The summed E-state index contributed by atoms with van der Waals surface area (Å²) in [6.07, 6.45) is -4.05. The molecule has 37 heavy (non-hydrogen) atoms. The molecule has 0 aliphatic carbocycles. The zero-order valence-electron chi connectivity index (χ0n) is 18.6. The summed E-state index contributed by atoms with van der Waals surface area (Å²) in [5.41, 5.74) is -3.86. The number of aromatic nitrogens is 1. The van der Waals surface area contributed by atoms with E-state index in [2.05, 4.69) is 9.82 Å². The number of imide groups is 1. The lowest BCUT2D eigenvalue weighted by atomic mass is 9.90. The molecule has 1 saturated heterocycles. The predicted molar refractivity (Wildman–Crippen MR) is 119 cm³/mol. The van der Waals surface area contributed by atoms with Crippen molar-refractivity contribution in [3.8, 4) is 0 Å². The minimum atomic E-state index is -5.47. The Morgan fingerprint density at radius 1 is 1.00 bits per heavy atom. The second-order valence-corrected chi connectivity index (χ2v) is 8.99. The Hall–Kier alpha value is -3.81. The maximum absolute atomic E-state index is 13.4. The summed E-state index contributed by atoms with van der Waals surface area (Å²) in [5, 5.41) is 0.600. The van der Waals surface area contributed by atoms with Gasteiger partial charge in [-0.2, -0.15) is 26.3 Å². The van der Waals surface area contributed by atoms with Crippen LogP contribution in [-0.4, -0.2) is 45.7 Å². The molecule has 2 atom stereocenters. The number of hydroxylamine groups is 2. The largest absolute Gasteiger partial charge is 0.493 e. The Kier molecular flexibility index (Phi) is 6.79. The van der Waals surface area contributed by atoms with Gasteiger partial charge in [-0.05, 0) is 53.7 Å². The minimum absolute atomic E-state index is 0.0520. The first-order chi connectivity index (χ1) is 17.3. The van der Waals surface area contributed by atoms with Crippen LogP contribution < -0.4 is 4.90 Å². The second-order valence-electron chi connectivity index (χ2n) is 7.85. The number of nitrogens with zero attached hydrogens (tertiary/aromatic N) is 3. The smallest absolute Gasteiger partial charge is 0.327 e. The van der Waals surface area contributed by atoms with E-state index in [1.807, 2.05) is 0 Å². The van der Waals surface area contributed by atoms with Crippen molar-refractivity contribution in [3.63, 3.8) is 0 Å². The summed E-state index contributed by atoms with van der Waals surface area (Å²) < 4.78 is 76.8. The zero-order valence-corrected chi connectivity index (χ0v) is 19.4. The highest BCUT2D eigenvalue weighted by atomic mass is 32.2. The van der Waals surface area contributed by atoms with Crippen molar-refractivity contribution in [1.82, 2.24) is 10.0 Å². The molecule has 2 aromatic carbocycles. The van der Waals surface area contributed by atoms with Gasteiger partial charge in [-0.25, -0.2) is 14.5 Å². The van der Waals surface area contributed by atoms with Gasteiger partial charge in [0.05, 0.1) is 11.2 Å². The topological polar surface area (TPSA) is 79.8 Å². The summed E-state index contributed by atoms with van der Waals surface area (Å²) >= 11 is -0.430. The number of urea groups is 1. The monoisotopic (exact) mass is 543 g/mol. The molecule has 3 aromatic rings. The van der Waals surface area contributed by atoms with E-state index in [1.165, 1.54) is 19.2 Å². The lowest BCUT2D eigenvalue weighted by Crippen LogP contribution is -2.43. The minimum Gasteiger partial charge on any atom is -0.327 e. The summed E-state index contributed by atoms with van der Waals surface area (Å²) in [6.45, 7) is 1.46. The lowest BCUT2D eigenvalue weighted by Gasteiger charge is -2.26. The van der Waals surface area contributed by atoms with Crippen LogP contribution in [0.25, 0.3) is 10.9 Å². The molecule has 0 unspecified atom stereocenters. The Morgan fingerprint density at radius 3 is 2.27 bits per heavy atom. The van der Waals surface area contributed by atoms with Crippen molar-refractivity contribution in [1.29, 1.82) is 0 Å². The highest BCUT2D eigenvalue weighted by Gasteiger charge is 2.54. The molecule has 0 bridgehead atoms. The number of carbonyl (C=O) groups is 3. The van der Waals surface area contributed by atoms with Gasteiger partial charge in [0.15, 0.2) is 6.04 Å². The fourth-order valence-electron chi connectivity index (χ4n) is 3.92. The number of rotatable bonds is 5. The number of pyridine rings is 1. The van der Waals surface area contributed by atoms with Gasteiger partial charge in [0.2, 0.25) is 0 Å². The second kappa shape index (κ2) is 9.57. The van der Waals surface area contributed by atoms with Gasteiger partial charge in [0, 0.05) is 22.4 Å². The van der Waals surface area contributed by atoms with Crippen LogP contribution in [0.2, 0.25) is 0 Å². The van der Waals surface area contributed by atoms with E-state index in [1.54, 1.807) is 24.3 Å². The maximum Gasteiger partial charge on any atom is 0.493 e. The van der Waals surface area contributed by atoms with Gasteiger partial charge in [-0.1, -0.05) is 25.1 Å². The van der Waals surface area contributed by atoms with Crippen molar-refractivity contribution in [2.75, 3.05) is 4.90 Å². The van der Waals surface area contributed by atoms with Gasteiger partial charge >= 0.3 is 23.7 Å². The fraction of sp³-hybridized carbons (Fsp3) is 0.217. The van der Waals surface area contributed by atoms with Crippen molar-refractivity contribution < 1.29 is 45.6 Å². The van der Waals surface area contributed by atoms with Crippen molar-refractivity contribution >= 4 is 46.3 Å². The molecule has 3 amide bonds. The van der Waals surface area contributed by atoms with E-state index >= 15 is 0 Å². The third-order valence-electron chi connectivity index (χ3n) is 5.49. The van der Waals surface area contributed by atoms with Crippen molar-refractivity contribution in [2.24, 2.45) is 0 Å². The van der Waals surface area contributed by atoms with Crippen LogP contribution in [0.4, 0.5) is 36.8 Å².